The third kappa shape index (κ3) is 3.88. The number of aromatic amines is 1. The topological polar surface area (TPSA) is 86.8 Å². The number of likely N-dealkylation sites (tertiary alicyclic amines) is 1. The fourth-order valence-electron chi connectivity index (χ4n) is 3.57. The summed E-state index contributed by atoms with van der Waals surface area (Å²) in [6.07, 6.45) is 7.30. The highest BCUT2D eigenvalue weighted by Crippen LogP contribution is 2.30. The minimum Gasteiger partial charge on any atom is -0.314 e. The van der Waals surface area contributed by atoms with Crippen molar-refractivity contribution in [1.82, 2.24) is 25.1 Å². The number of hydrogen-bond acceptors (Lipinski definition) is 4. The molecule has 2 N–H and O–H groups in total. The monoisotopic (exact) mass is 376 g/mol. The summed E-state index contributed by atoms with van der Waals surface area (Å²) >= 11 is 0. The maximum absolute atomic E-state index is 13.0. The van der Waals surface area contributed by atoms with E-state index in [9.17, 15) is 4.79 Å². The Morgan fingerprint density at radius 1 is 1.29 bits per heavy atom. The Morgan fingerprint density at radius 2 is 2.21 bits per heavy atom. The van der Waals surface area contributed by atoms with E-state index in [1.54, 1.807) is 12.4 Å². The van der Waals surface area contributed by atoms with Crippen LogP contribution >= 0.6 is 0 Å². The van der Waals surface area contributed by atoms with Gasteiger partial charge in [0.15, 0.2) is 5.82 Å². The maximum Gasteiger partial charge on any atom is 0.322 e. The number of piperidine rings is 1. The number of aryl methyl sites for hydroxylation is 1. The van der Waals surface area contributed by atoms with Gasteiger partial charge >= 0.3 is 6.03 Å². The zero-order chi connectivity index (χ0) is 19.3. The SMILES string of the molecule is CCc1cccc(NC(=O)N2CCCCC2c2nc(-c3cccnc3)n[nH]2)c1. The first-order valence-electron chi connectivity index (χ1n) is 9.74. The second-order valence-corrected chi connectivity index (χ2v) is 6.98. The summed E-state index contributed by atoms with van der Waals surface area (Å²) < 4.78 is 0. The Kier molecular flexibility index (Phi) is 5.32. The number of urea groups is 1. The van der Waals surface area contributed by atoms with Crippen molar-refractivity contribution >= 4 is 11.7 Å². The zero-order valence-electron chi connectivity index (χ0n) is 15.9. The van der Waals surface area contributed by atoms with Crippen LogP contribution in [0.2, 0.25) is 0 Å². The molecule has 0 bridgehead atoms. The van der Waals surface area contributed by atoms with E-state index in [1.165, 1.54) is 5.56 Å². The quantitative estimate of drug-likeness (QED) is 0.715. The molecule has 7 nitrogen and oxygen atoms in total. The predicted molar refractivity (Wildman–Crippen MR) is 108 cm³/mol. The van der Waals surface area contributed by atoms with Crippen molar-refractivity contribution in [2.75, 3.05) is 11.9 Å². The standard InChI is InChI=1S/C21H24N6O/c1-2-15-7-5-9-17(13-15)23-21(28)27-12-4-3-10-18(27)20-24-19(25-26-20)16-8-6-11-22-14-16/h5-9,11,13-14,18H,2-4,10,12H2,1H3,(H,23,28)(H,24,25,26). The van der Waals surface area contributed by atoms with Gasteiger partial charge in [-0.05, 0) is 55.5 Å². The van der Waals surface area contributed by atoms with E-state index in [0.717, 1.165) is 42.8 Å². The Bertz CT molecular complexity index is 939. The molecule has 7 heteroatoms. The molecule has 1 fully saturated rings. The van der Waals surface area contributed by atoms with Crippen LogP contribution in [0.15, 0.2) is 48.8 Å². The first-order valence-corrected chi connectivity index (χ1v) is 9.74. The number of carbonyl (C=O) groups is 1. The van der Waals surface area contributed by atoms with Gasteiger partial charge in [-0.2, -0.15) is 5.10 Å². The molecule has 1 saturated heterocycles. The largest absolute Gasteiger partial charge is 0.322 e. The second kappa shape index (κ2) is 8.21. The highest BCUT2D eigenvalue weighted by Gasteiger charge is 2.30. The van der Waals surface area contributed by atoms with Gasteiger partial charge in [-0.3, -0.25) is 10.1 Å². The Hall–Kier alpha value is -3.22. The number of anilines is 1. The Morgan fingerprint density at radius 3 is 3.04 bits per heavy atom. The van der Waals surface area contributed by atoms with Crippen molar-refractivity contribution in [3.63, 3.8) is 0 Å². The number of nitrogens with one attached hydrogen (secondary N) is 2. The summed E-state index contributed by atoms with van der Waals surface area (Å²) in [6, 6.07) is 11.5. The highest BCUT2D eigenvalue weighted by molar-refractivity contribution is 5.89. The molecule has 28 heavy (non-hydrogen) atoms. The lowest BCUT2D eigenvalue weighted by Crippen LogP contribution is -2.41. The third-order valence-corrected chi connectivity index (χ3v) is 5.09. The van der Waals surface area contributed by atoms with E-state index in [-0.39, 0.29) is 12.1 Å². The molecule has 1 aliphatic heterocycles. The van der Waals surface area contributed by atoms with Gasteiger partial charge < -0.3 is 10.2 Å². The van der Waals surface area contributed by atoms with Gasteiger partial charge in [-0.15, -0.1) is 0 Å². The molecule has 2 amide bonds. The third-order valence-electron chi connectivity index (χ3n) is 5.09. The summed E-state index contributed by atoms with van der Waals surface area (Å²) in [4.78, 5) is 23.6. The predicted octanol–water partition coefficient (Wildman–Crippen LogP) is 4.19. The summed E-state index contributed by atoms with van der Waals surface area (Å²) in [5.74, 6) is 1.32. The van der Waals surface area contributed by atoms with Gasteiger partial charge in [-0.25, -0.2) is 9.78 Å². The van der Waals surface area contributed by atoms with Gasteiger partial charge in [0.1, 0.15) is 5.82 Å². The fourth-order valence-corrected chi connectivity index (χ4v) is 3.57. The van der Waals surface area contributed by atoms with Crippen molar-refractivity contribution in [2.24, 2.45) is 0 Å². The molecule has 0 saturated carbocycles. The van der Waals surface area contributed by atoms with E-state index in [1.807, 2.05) is 35.2 Å². The van der Waals surface area contributed by atoms with Gasteiger partial charge in [0.25, 0.3) is 0 Å². The van der Waals surface area contributed by atoms with Crippen LogP contribution in [0.5, 0.6) is 0 Å². The van der Waals surface area contributed by atoms with Crippen molar-refractivity contribution in [3.05, 3.63) is 60.2 Å². The number of amides is 2. The number of nitrogens with zero attached hydrogens (tertiary/aromatic N) is 4. The molecule has 2 aromatic heterocycles. The van der Waals surface area contributed by atoms with Crippen molar-refractivity contribution < 1.29 is 4.79 Å². The lowest BCUT2D eigenvalue weighted by atomic mass is 10.0. The van der Waals surface area contributed by atoms with Crippen LogP contribution in [0, 0.1) is 0 Å². The molecule has 1 aliphatic rings. The number of aromatic nitrogens is 4. The average molecular weight is 376 g/mol. The van der Waals surface area contributed by atoms with Crippen LogP contribution in [0.1, 0.15) is 43.6 Å². The Balaban J connectivity index is 1.53. The van der Waals surface area contributed by atoms with Crippen molar-refractivity contribution in [1.29, 1.82) is 0 Å². The fraction of sp³-hybridized carbons (Fsp3) is 0.333. The molecule has 1 unspecified atom stereocenters. The molecule has 4 rings (SSSR count). The van der Waals surface area contributed by atoms with Gasteiger partial charge in [0.05, 0.1) is 6.04 Å². The van der Waals surface area contributed by atoms with Crippen LogP contribution in [-0.4, -0.2) is 37.6 Å². The minimum absolute atomic E-state index is 0.0997. The molecular formula is C21H24N6O. The van der Waals surface area contributed by atoms with Gasteiger partial charge in [-0.1, -0.05) is 19.1 Å². The molecule has 1 atom stereocenters. The summed E-state index contributed by atoms with van der Waals surface area (Å²) in [5, 5.41) is 10.4. The number of carbonyl (C=O) groups excluding carboxylic acids is 1. The van der Waals surface area contributed by atoms with E-state index in [0.29, 0.717) is 12.4 Å². The van der Waals surface area contributed by atoms with E-state index < -0.39 is 0 Å². The average Bonchev–Trinajstić information content (AvgIpc) is 3.25. The summed E-state index contributed by atoms with van der Waals surface area (Å²) in [5.41, 5.74) is 2.87. The highest BCUT2D eigenvalue weighted by atomic mass is 16.2. The molecule has 3 aromatic rings. The summed E-state index contributed by atoms with van der Waals surface area (Å²) in [7, 11) is 0. The molecule has 0 spiro atoms. The van der Waals surface area contributed by atoms with E-state index in [4.69, 9.17) is 0 Å². The first kappa shape index (κ1) is 18.2. The minimum atomic E-state index is -0.110. The lowest BCUT2D eigenvalue weighted by molar-refractivity contribution is 0.159. The molecule has 3 heterocycles. The molecule has 144 valence electrons. The molecular weight excluding hydrogens is 352 g/mol. The van der Waals surface area contributed by atoms with E-state index in [2.05, 4.69) is 38.5 Å². The molecule has 0 radical (unpaired) electrons. The number of hydrogen-bond donors (Lipinski definition) is 2. The van der Waals surface area contributed by atoms with Crippen LogP contribution in [0.3, 0.4) is 0 Å². The molecule has 1 aromatic carbocycles. The van der Waals surface area contributed by atoms with Crippen LogP contribution in [-0.2, 0) is 6.42 Å². The molecule has 0 aliphatic carbocycles. The van der Waals surface area contributed by atoms with Crippen molar-refractivity contribution in [2.45, 2.75) is 38.6 Å². The van der Waals surface area contributed by atoms with Crippen LogP contribution < -0.4 is 5.32 Å². The second-order valence-electron chi connectivity index (χ2n) is 6.98. The number of benzene rings is 1. The zero-order valence-corrected chi connectivity index (χ0v) is 15.9. The number of H-pyrrole nitrogens is 1. The number of rotatable bonds is 4. The van der Waals surface area contributed by atoms with Gasteiger partial charge in [0.2, 0.25) is 0 Å². The normalized spacial score (nSPS) is 16.8. The number of pyridine rings is 1. The lowest BCUT2D eigenvalue weighted by Gasteiger charge is -2.34. The smallest absolute Gasteiger partial charge is 0.314 e. The first-order chi connectivity index (χ1) is 13.7. The van der Waals surface area contributed by atoms with E-state index >= 15 is 0 Å². The van der Waals surface area contributed by atoms with Gasteiger partial charge in [0, 0.05) is 30.2 Å². The Labute approximate surface area is 164 Å². The summed E-state index contributed by atoms with van der Waals surface area (Å²) in [6.45, 7) is 2.80. The maximum atomic E-state index is 13.0. The van der Waals surface area contributed by atoms with Crippen LogP contribution in [0.25, 0.3) is 11.4 Å². The van der Waals surface area contributed by atoms with Crippen LogP contribution in [0.4, 0.5) is 10.5 Å². The van der Waals surface area contributed by atoms with Crippen molar-refractivity contribution in [3.8, 4) is 11.4 Å².